The van der Waals surface area contributed by atoms with Gasteiger partial charge in [0.25, 0.3) is 11.8 Å². The maximum Gasteiger partial charge on any atom is 0.270 e. The van der Waals surface area contributed by atoms with E-state index in [2.05, 4.69) is 15.2 Å². The standard InChI is InChI=1S/C24H33N5O2/c1-28(24(31)21-8-5-10-25-21)19-12-17-9-11-29(15-18(17)13-19)23(30)20-14-26-27-22(20)16-6-3-2-4-7-16/h5,8,10,14,16-19,25H,2-4,6-7,9,11-13,15H2,1H3,(H,26,27)/t17-,18-,19+/m1/s1. The molecule has 1 aliphatic heterocycles. The largest absolute Gasteiger partial charge is 0.357 e. The molecule has 2 aromatic rings. The van der Waals surface area contributed by atoms with Gasteiger partial charge in [-0.15, -0.1) is 0 Å². The Hall–Kier alpha value is -2.57. The Labute approximate surface area is 183 Å². The highest BCUT2D eigenvalue weighted by molar-refractivity contribution is 5.95. The molecule has 0 spiro atoms. The minimum atomic E-state index is 0.0529. The molecule has 3 fully saturated rings. The number of piperidine rings is 1. The summed E-state index contributed by atoms with van der Waals surface area (Å²) in [5.41, 5.74) is 2.47. The fourth-order valence-electron chi connectivity index (χ4n) is 6.11. The molecule has 2 aliphatic carbocycles. The summed E-state index contributed by atoms with van der Waals surface area (Å²) in [6.07, 6.45) is 12.6. The van der Waals surface area contributed by atoms with E-state index in [1.165, 1.54) is 19.3 Å². The number of likely N-dealkylation sites (tertiary alicyclic amines) is 1. The Morgan fingerprint density at radius 3 is 2.71 bits per heavy atom. The molecule has 5 rings (SSSR count). The summed E-state index contributed by atoms with van der Waals surface area (Å²) < 4.78 is 0. The summed E-state index contributed by atoms with van der Waals surface area (Å²) in [4.78, 5) is 33.1. The van der Waals surface area contributed by atoms with E-state index in [0.29, 0.717) is 23.4 Å². The number of nitrogens with zero attached hydrogens (tertiary/aromatic N) is 3. The van der Waals surface area contributed by atoms with E-state index < -0.39 is 0 Å². The number of rotatable bonds is 4. The van der Waals surface area contributed by atoms with Crippen LogP contribution in [0, 0.1) is 11.8 Å². The van der Waals surface area contributed by atoms with Crippen molar-refractivity contribution < 1.29 is 9.59 Å². The fraction of sp³-hybridized carbons (Fsp3) is 0.625. The van der Waals surface area contributed by atoms with Gasteiger partial charge in [0.2, 0.25) is 0 Å². The summed E-state index contributed by atoms with van der Waals surface area (Å²) >= 11 is 0. The van der Waals surface area contributed by atoms with Gasteiger partial charge in [-0.3, -0.25) is 14.7 Å². The van der Waals surface area contributed by atoms with Crippen LogP contribution in [0.15, 0.2) is 24.5 Å². The molecule has 3 atom stereocenters. The van der Waals surface area contributed by atoms with Gasteiger partial charge in [0, 0.05) is 38.3 Å². The smallest absolute Gasteiger partial charge is 0.270 e. The number of fused-ring (bicyclic) bond motifs is 1. The van der Waals surface area contributed by atoms with Crippen molar-refractivity contribution >= 4 is 11.8 Å². The van der Waals surface area contributed by atoms with Crippen molar-refractivity contribution in [3.05, 3.63) is 41.5 Å². The molecule has 2 aromatic heterocycles. The third-order valence-corrected chi connectivity index (χ3v) is 7.94. The van der Waals surface area contributed by atoms with Crippen LogP contribution in [-0.4, -0.2) is 63.0 Å². The second-order valence-corrected chi connectivity index (χ2v) is 9.72. The number of carbonyl (C=O) groups excluding carboxylic acids is 2. The number of hydrogen-bond donors (Lipinski definition) is 2. The van der Waals surface area contributed by atoms with Gasteiger partial charge < -0.3 is 14.8 Å². The number of nitrogens with one attached hydrogen (secondary N) is 2. The van der Waals surface area contributed by atoms with E-state index in [9.17, 15) is 9.59 Å². The van der Waals surface area contributed by atoms with E-state index >= 15 is 0 Å². The van der Waals surface area contributed by atoms with Crippen LogP contribution in [0.4, 0.5) is 0 Å². The number of carbonyl (C=O) groups is 2. The van der Waals surface area contributed by atoms with Crippen LogP contribution >= 0.6 is 0 Å². The van der Waals surface area contributed by atoms with Crippen LogP contribution in [-0.2, 0) is 0 Å². The van der Waals surface area contributed by atoms with Crippen molar-refractivity contribution in [1.82, 2.24) is 25.0 Å². The minimum absolute atomic E-state index is 0.0529. The molecule has 31 heavy (non-hydrogen) atoms. The Morgan fingerprint density at radius 1 is 1.13 bits per heavy atom. The van der Waals surface area contributed by atoms with Crippen LogP contribution in [0.1, 0.15) is 83.8 Å². The lowest BCUT2D eigenvalue weighted by molar-refractivity contribution is 0.0622. The topological polar surface area (TPSA) is 85.1 Å². The van der Waals surface area contributed by atoms with Crippen molar-refractivity contribution in [3.63, 3.8) is 0 Å². The number of hydrogen-bond acceptors (Lipinski definition) is 3. The first kappa shape index (κ1) is 20.3. The van der Waals surface area contributed by atoms with Gasteiger partial charge in [-0.2, -0.15) is 5.10 Å². The Balaban J connectivity index is 1.23. The number of H-pyrrole nitrogens is 2. The van der Waals surface area contributed by atoms with Gasteiger partial charge in [0.05, 0.1) is 17.5 Å². The first-order valence-corrected chi connectivity index (χ1v) is 11.8. The van der Waals surface area contributed by atoms with Crippen LogP contribution in [0.3, 0.4) is 0 Å². The van der Waals surface area contributed by atoms with Crippen molar-refractivity contribution in [1.29, 1.82) is 0 Å². The first-order chi connectivity index (χ1) is 15.1. The molecular formula is C24H33N5O2. The monoisotopic (exact) mass is 423 g/mol. The summed E-state index contributed by atoms with van der Waals surface area (Å²) in [5.74, 6) is 1.68. The number of aromatic amines is 2. The number of amides is 2. The molecule has 1 saturated heterocycles. The van der Waals surface area contributed by atoms with E-state index in [4.69, 9.17) is 0 Å². The summed E-state index contributed by atoms with van der Waals surface area (Å²) in [6, 6.07) is 3.93. The summed E-state index contributed by atoms with van der Waals surface area (Å²) in [5, 5.41) is 7.38. The highest BCUT2D eigenvalue weighted by Gasteiger charge is 2.42. The zero-order valence-electron chi connectivity index (χ0n) is 18.3. The van der Waals surface area contributed by atoms with Gasteiger partial charge >= 0.3 is 0 Å². The molecule has 0 bridgehead atoms. The molecule has 0 unspecified atom stereocenters. The van der Waals surface area contributed by atoms with Gasteiger partial charge in [0.15, 0.2) is 0 Å². The van der Waals surface area contributed by atoms with E-state index in [-0.39, 0.29) is 17.9 Å². The number of aromatic nitrogens is 3. The molecule has 0 aromatic carbocycles. The SMILES string of the molecule is CN(C(=O)c1ccc[nH]1)[C@H]1C[C@H]2CCN(C(=O)c3cn[nH]c3C3CCCCC3)C[C@H]2C1. The quantitative estimate of drug-likeness (QED) is 0.784. The molecule has 2 amide bonds. The normalized spacial score (nSPS) is 26.6. The van der Waals surface area contributed by atoms with Crippen LogP contribution in [0.2, 0.25) is 0 Å². The Bertz CT molecular complexity index is 914. The minimum Gasteiger partial charge on any atom is -0.357 e. The Kier molecular flexibility index (Phi) is 5.59. The molecule has 2 N–H and O–H groups in total. The zero-order chi connectivity index (χ0) is 21.4. The van der Waals surface area contributed by atoms with Crippen molar-refractivity contribution in [2.45, 2.75) is 63.3 Å². The first-order valence-electron chi connectivity index (χ1n) is 11.8. The average molecular weight is 424 g/mol. The Morgan fingerprint density at radius 2 is 1.94 bits per heavy atom. The van der Waals surface area contributed by atoms with Gasteiger partial charge in [-0.25, -0.2) is 0 Å². The van der Waals surface area contributed by atoms with Crippen molar-refractivity contribution in [2.75, 3.05) is 20.1 Å². The predicted octanol–water partition coefficient (Wildman–Crippen LogP) is 3.80. The molecular weight excluding hydrogens is 390 g/mol. The maximum absolute atomic E-state index is 13.4. The van der Waals surface area contributed by atoms with Crippen LogP contribution < -0.4 is 0 Å². The van der Waals surface area contributed by atoms with Crippen LogP contribution in [0.5, 0.6) is 0 Å². The zero-order valence-corrected chi connectivity index (χ0v) is 18.3. The van der Waals surface area contributed by atoms with Crippen molar-refractivity contribution in [3.8, 4) is 0 Å². The third-order valence-electron chi connectivity index (χ3n) is 7.94. The molecule has 2 saturated carbocycles. The van der Waals surface area contributed by atoms with E-state index in [1.807, 2.05) is 29.0 Å². The van der Waals surface area contributed by atoms with Gasteiger partial charge in [0.1, 0.15) is 5.69 Å². The summed E-state index contributed by atoms with van der Waals surface area (Å²) in [7, 11) is 1.91. The fourth-order valence-corrected chi connectivity index (χ4v) is 6.11. The molecule has 3 aliphatic rings. The van der Waals surface area contributed by atoms with Gasteiger partial charge in [-0.1, -0.05) is 19.3 Å². The predicted molar refractivity (Wildman–Crippen MR) is 118 cm³/mol. The molecule has 3 heterocycles. The van der Waals surface area contributed by atoms with E-state index in [1.54, 1.807) is 12.4 Å². The van der Waals surface area contributed by atoms with Gasteiger partial charge in [-0.05, 0) is 56.1 Å². The second-order valence-electron chi connectivity index (χ2n) is 9.72. The molecule has 7 nitrogen and oxygen atoms in total. The third kappa shape index (κ3) is 3.90. The maximum atomic E-state index is 13.4. The lowest BCUT2D eigenvalue weighted by Gasteiger charge is -2.35. The molecule has 7 heteroatoms. The van der Waals surface area contributed by atoms with Crippen LogP contribution in [0.25, 0.3) is 0 Å². The average Bonchev–Trinajstić information content (AvgIpc) is 3.57. The summed E-state index contributed by atoms with van der Waals surface area (Å²) in [6.45, 7) is 1.59. The second kappa shape index (κ2) is 8.52. The lowest BCUT2D eigenvalue weighted by Crippen LogP contribution is -2.42. The molecule has 0 radical (unpaired) electrons. The van der Waals surface area contributed by atoms with E-state index in [0.717, 1.165) is 56.5 Å². The lowest BCUT2D eigenvalue weighted by atomic mass is 9.85. The highest BCUT2D eigenvalue weighted by atomic mass is 16.2. The molecule has 166 valence electrons. The highest BCUT2D eigenvalue weighted by Crippen LogP contribution is 2.41. The van der Waals surface area contributed by atoms with Crippen molar-refractivity contribution in [2.24, 2.45) is 11.8 Å².